The molecule has 0 N–H and O–H groups in total. The molecule has 0 bridgehead atoms. The van der Waals surface area contributed by atoms with Crippen molar-refractivity contribution in [3.63, 3.8) is 0 Å². The highest BCUT2D eigenvalue weighted by molar-refractivity contribution is 7.78. The summed E-state index contributed by atoms with van der Waals surface area (Å²) in [5.74, 6) is 2.21. The molecule has 0 radical (unpaired) electrons. The molecule has 3 nitrogen and oxygen atoms in total. The number of thiocarbonyl (C=S) groups is 1. The Hall–Kier alpha value is -1.06. The van der Waals surface area contributed by atoms with E-state index in [1.54, 1.807) is 0 Å². The van der Waals surface area contributed by atoms with Gasteiger partial charge in [0.2, 0.25) is 0 Å². The topological polar surface area (TPSA) is 30.8 Å². The zero-order valence-electron chi connectivity index (χ0n) is 14.9. The summed E-state index contributed by atoms with van der Waals surface area (Å²) < 4.78 is 12.2. The Morgan fingerprint density at radius 1 is 1.00 bits per heavy atom. The van der Waals surface area contributed by atoms with Gasteiger partial charge < -0.3 is 9.47 Å². The molecule has 1 aliphatic heterocycles. The lowest BCUT2D eigenvalue weighted by Gasteiger charge is -2.37. The first-order valence-electron chi connectivity index (χ1n) is 9.00. The number of hydrogen-bond acceptors (Lipinski definition) is 4. The Morgan fingerprint density at radius 3 is 2.12 bits per heavy atom. The highest BCUT2D eigenvalue weighted by Crippen LogP contribution is 2.38. The summed E-state index contributed by atoms with van der Waals surface area (Å²) in [6.45, 7) is 8.05. The van der Waals surface area contributed by atoms with Gasteiger partial charge in [-0.2, -0.15) is 4.99 Å². The fraction of sp³-hybridized carbons (Fsp3) is 0.650. The quantitative estimate of drug-likeness (QED) is 0.533. The lowest BCUT2D eigenvalue weighted by Crippen LogP contribution is -2.34. The van der Waals surface area contributed by atoms with E-state index < -0.39 is 0 Å². The molecule has 130 valence electrons. The second-order valence-corrected chi connectivity index (χ2v) is 7.67. The summed E-state index contributed by atoms with van der Waals surface area (Å²) in [6.07, 6.45) is 5.10. The predicted octanol–water partition coefficient (Wildman–Crippen LogP) is 5.53. The zero-order valence-corrected chi connectivity index (χ0v) is 15.7. The summed E-state index contributed by atoms with van der Waals surface area (Å²) in [5, 5.41) is 2.46. The van der Waals surface area contributed by atoms with Crippen LogP contribution >= 0.6 is 12.2 Å². The summed E-state index contributed by atoms with van der Waals surface area (Å²) in [5.41, 5.74) is 4.14. The summed E-state index contributed by atoms with van der Waals surface area (Å²) >= 11 is 4.73. The molecule has 1 aromatic carbocycles. The maximum Gasteiger partial charge on any atom is 0.183 e. The molecule has 0 aromatic heterocycles. The van der Waals surface area contributed by atoms with Crippen LogP contribution in [0.25, 0.3) is 0 Å². The fourth-order valence-corrected chi connectivity index (χ4v) is 4.18. The van der Waals surface area contributed by atoms with E-state index in [0.717, 1.165) is 47.4 Å². The average molecular weight is 346 g/mol. The van der Waals surface area contributed by atoms with Crippen molar-refractivity contribution in [2.45, 2.75) is 52.7 Å². The van der Waals surface area contributed by atoms with E-state index in [9.17, 15) is 0 Å². The first-order valence-corrected chi connectivity index (χ1v) is 9.41. The van der Waals surface area contributed by atoms with Crippen molar-refractivity contribution >= 4 is 23.1 Å². The molecule has 0 spiro atoms. The van der Waals surface area contributed by atoms with Gasteiger partial charge in [0, 0.05) is 11.5 Å². The van der Waals surface area contributed by atoms with E-state index in [1.807, 2.05) is 13.8 Å². The van der Waals surface area contributed by atoms with Crippen LogP contribution in [0.5, 0.6) is 0 Å². The monoisotopic (exact) mass is 345 g/mol. The summed E-state index contributed by atoms with van der Waals surface area (Å²) in [6, 6.07) is 4.18. The van der Waals surface area contributed by atoms with Crippen molar-refractivity contribution in [2.75, 3.05) is 13.2 Å². The Morgan fingerprint density at radius 2 is 1.58 bits per heavy atom. The van der Waals surface area contributed by atoms with Crippen molar-refractivity contribution in [3.8, 4) is 0 Å². The molecule has 1 saturated heterocycles. The number of nitrogens with zero attached hydrogens (tertiary/aromatic N) is 1. The average Bonchev–Trinajstić information content (AvgIpc) is 2.59. The SMILES string of the molecule is Cc1cc(C2OCC(C3CCC(C)CC3)CO2)cc(C)c1N=C=S. The van der Waals surface area contributed by atoms with Crippen LogP contribution in [0.2, 0.25) is 0 Å². The Bertz CT molecular complexity index is 600. The third-order valence-corrected chi connectivity index (χ3v) is 5.68. The van der Waals surface area contributed by atoms with E-state index in [2.05, 4.69) is 29.2 Å². The van der Waals surface area contributed by atoms with Gasteiger partial charge >= 0.3 is 0 Å². The molecule has 3 rings (SSSR count). The van der Waals surface area contributed by atoms with Crippen molar-refractivity contribution in [2.24, 2.45) is 22.7 Å². The van der Waals surface area contributed by atoms with Gasteiger partial charge in [-0.25, -0.2) is 0 Å². The van der Waals surface area contributed by atoms with Gasteiger partial charge in [0.25, 0.3) is 0 Å². The van der Waals surface area contributed by atoms with Gasteiger partial charge in [-0.1, -0.05) is 19.8 Å². The van der Waals surface area contributed by atoms with E-state index in [4.69, 9.17) is 21.7 Å². The molecule has 0 atom stereocenters. The number of isothiocyanates is 1. The van der Waals surface area contributed by atoms with Gasteiger partial charge in [-0.05, 0) is 74.0 Å². The van der Waals surface area contributed by atoms with Gasteiger partial charge in [-0.15, -0.1) is 0 Å². The summed E-state index contributed by atoms with van der Waals surface area (Å²) in [7, 11) is 0. The number of rotatable bonds is 3. The molecule has 0 unspecified atom stereocenters. The van der Waals surface area contributed by atoms with Crippen LogP contribution in [0.15, 0.2) is 17.1 Å². The van der Waals surface area contributed by atoms with Crippen LogP contribution in [-0.4, -0.2) is 18.4 Å². The smallest absolute Gasteiger partial charge is 0.183 e. The molecule has 0 amide bonds. The van der Waals surface area contributed by atoms with E-state index >= 15 is 0 Å². The maximum atomic E-state index is 6.08. The van der Waals surface area contributed by atoms with Crippen molar-refractivity contribution < 1.29 is 9.47 Å². The van der Waals surface area contributed by atoms with Gasteiger partial charge in [0.15, 0.2) is 6.29 Å². The van der Waals surface area contributed by atoms with Crippen LogP contribution in [0.4, 0.5) is 5.69 Å². The number of ether oxygens (including phenoxy) is 2. The van der Waals surface area contributed by atoms with Gasteiger partial charge in [-0.3, -0.25) is 0 Å². The molecule has 1 aromatic rings. The van der Waals surface area contributed by atoms with E-state index in [1.165, 1.54) is 25.7 Å². The molecule has 1 saturated carbocycles. The molecule has 2 aliphatic rings. The molecule has 2 fully saturated rings. The lowest BCUT2D eigenvalue weighted by atomic mass is 9.76. The molecule has 1 heterocycles. The van der Waals surface area contributed by atoms with Crippen molar-refractivity contribution in [1.82, 2.24) is 0 Å². The molecular weight excluding hydrogens is 318 g/mol. The number of aryl methyl sites for hydroxylation is 2. The Kier molecular flexibility index (Phi) is 5.83. The van der Waals surface area contributed by atoms with Gasteiger partial charge in [0.05, 0.1) is 24.1 Å². The van der Waals surface area contributed by atoms with Crippen LogP contribution in [0.3, 0.4) is 0 Å². The normalized spacial score (nSPS) is 30.6. The summed E-state index contributed by atoms with van der Waals surface area (Å²) in [4.78, 5) is 4.15. The lowest BCUT2D eigenvalue weighted by molar-refractivity contribution is -0.214. The Balaban J connectivity index is 1.63. The first-order chi connectivity index (χ1) is 11.6. The largest absolute Gasteiger partial charge is 0.348 e. The van der Waals surface area contributed by atoms with Gasteiger partial charge in [0.1, 0.15) is 0 Å². The highest BCUT2D eigenvalue weighted by Gasteiger charge is 2.31. The third-order valence-electron chi connectivity index (χ3n) is 5.59. The minimum absolute atomic E-state index is 0.258. The second kappa shape index (κ2) is 7.88. The van der Waals surface area contributed by atoms with Crippen molar-refractivity contribution in [3.05, 3.63) is 28.8 Å². The highest BCUT2D eigenvalue weighted by atomic mass is 32.1. The third kappa shape index (κ3) is 3.94. The zero-order chi connectivity index (χ0) is 17.1. The van der Waals surface area contributed by atoms with E-state index in [-0.39, 0.29) is 6.29 Å². The standard InChI is InChI=1S/C20H27NO2S/c1-13-4-6-16(7-5-13)18-10-22-20(23-11-18)17-8-14(2)19(21-12-24)15(3)9-17/h8-9,13,16,18,20H,4-7,10-11H2,1-3H3. The molecule has 4 heteroatoms. The molecule has 1 aliphatic carbocycles. The number of benzene rings is 1. The molecule has 24 heavy (non-hydrogen) atoms. The minimum Gasteiger partial charge on any atom is -0.348 e. The van der Waals surface area contributed by atoms with E-state index in [0.29, 0.717) is 5.92 Å². The number of hydrogen-bond donors (Lipinski definition) is 0. The van der Waals surface area contributed by atoms with Crippen molar-refractivity contribution in [1.29, 1.82) is 0 Å². The Labute approximate surface area is 150 Å². The predicted molar refractivity (Wildman–Crippen MR) is 99.9 cm³/mol. The number of aliphatic imine (C=N–C) groups is 1. The van der Waals surface area contributed by atoms with Crippen LogP contribution < -0.4 is 0 Å². The first kappa shape index (κ1) is 17.8. The molecular formula is C20H27NO2S. The fourth-order valence-electron chi connectivity index (χ4n) is 4.09. The van der Waals surface area contributed by atoms with Crippen LogP contribution in [0, 0.1) is 31.6 Å². The van der Waals surface area contributed by atoms with Crippen LogP contribution in [0.1, 0.15) is 55.6 Å². The van der Waals surface area contributed by atoms with Crippen LogP contribution in [-0.2, 0) is 9.47 Å². The minimum atomic E-state index is -0.258. The maximum absolute atomic E-state index is 6.08. The second-order valence-electron chi connectivity index (χ2n) is 7.49.